The molecular weight excluding hydrogens is 214 g/mol. The molecule has 96 valence electrons. The molecule has 2 unspecified atom stereocenters. The largest absolute Gasteiger partial charge is 0.393 e. The van der Waals surface area contributed by atoms with Crippen molar-refractivity contribution in [3.63, 3.8) is 0 Å². The van der Waals surface area contributed by atoms with Gasteiger partial charge in [0.15, 0.2) is 0 Å². The molecule has 0 aliphatic heterocycles. The minimum Gasteiger partial charge on any atom is -0.393 e. The highest BCUT2D eigenvalue weighted by Crippen LogP contribution is 2.24. The predicted molar refractivity (Wildman–Crippen MR) is 67.7 cm³/mol. The summed E-state index contributed by atoms with van der Waals surface area (Å²) >= 11 is 0. The molecule has 4 heteroatoms. The van der Waals surface area contributed by atoms with Crippen molar-refractivity contribution < 1.29 is 5.11 Å². The molecule has 0 bridgehead atoms. The Morgan fingerprint density at radius 3 is 2.71 bits per heavy atom. The van der Waals surface area contributed by atoms with Crippen LogP contribution >= 0.6 is 0 Å². The molecule has 0 aromatic carbocycles. The third-order valence-electron chi connectivity index (χ3n) is 3.99. The van der Waals surface area contributed by atoms with E-state index in [2.05, 4.69) is 24.3 Å². The van der Waals surface area contributed by atoms with Crippen LogP contribution in [-0.4, -0.2) is 27.5 Å². The number of nitrogens with zero attached hydrogens (tertiary/aromatic N) is 2. The van der Waals surface area contributed by atoms with Gasteiger partial charge in [0.05, 0.1) is 11.8 Å². The van der Waals surface area contributed by atoms with Crippen LogP contribution in [0.25, 0.3) is 0 Å². The fourth-order valence-corrected chi connectivity index (χ4v) is 2.71. The van der Waals surface area contributed by atoms with E-state index in [1.54, 1.807) is 0 Å². The summed E-state index contributed by atoms with van der Waals surface area (Å²) in [5, 5.41) is 17.6. The third kappa shape index (κ3) is 2.69. The van der Waals surface area contributed by atoms with Crippen molar-refractivity contribution in [2.24, 2.45) is 13.0 Å². The van der Waals surface area contributed by atoms with Gasteiger partial charge in [0.2, 0.25) is 0 Å². The molecule has 17 heavy (non-hydrogen) atoms. The first-order chi connectivity index (χ1) is 8.09. The van der Waals surface area contributed by atoms with Crippen molar-refractivity contribution in [3.8, 4) is 0 Å². The lowest BCUT2D eigenvalue weighted by Gasteiger charge is -2.15. The number of hydrogen-bond acceptors (Lipinski definition) is 3. The van der Waals surface area contributed by atoms with Gasteiger partial charge < -0.3 is 10.4 Å². The van der Waals surface area contributed by atoms with E-state index in [0.29, 0.717) is 5.92 Å². The van der Waals surface area contributed by atoms with E-state index in [1.807, 2.05) is 11.7 Å². The van der Waals surface area contributed by atoms with E-state index in [0.717, 1.165) is 31.6 Å². The Hall–Kier alpha value is -0.870. The topological polar surface area (TPSA) is 50.1 Å². The first kappa shape index (κ1) is 12.6. The number of aryl methyl sites for hydroxylation is 2. The van der Waals surface area contributed by atoms with Crippen LogP contribution in [-0.2, 0) is 13.6 Å². The second-order valence-electron chi connectivity index (χ2n) is 5.16. The second kappa shape index (κ2) is 5.19. The third-order valence-corrected chi connectivity index (χ3v) is 3.99. The number of aromatic nitrogens is 2. The molecule has 1 aromatic heterocycles. The van der Waals surface area contributed by atoms with Gasteiger partial charge in [-0.2, -0.15) is 5.10 Å². The van der Waals surface area contributed by atoms with E-state index >= 15 is 0 Å². The number of nitrogens with one attached hydrogen (secondary N) is 1. The maximum absolute atomic E-state index is 9.74. The van der Waals surface area contributed by atoms with Gasteiger partial charge in [0.25, 0.3) is 0 Å². The summed E-state index contributed by atoms with van der Waals surface area (Å²) in [6, 6.07) is 0. The lowest BCUT2D eigenvalue weighted by molar-refractivity contribution is 0.131. The van der Waals surface area contributed by atoms with Crippen LogP contribution in [0.2, 0.25) is 0 Å². The van der Waals surface area contributed by atoms with Gasteiger partial charge >= 0.3 is 0 Å². The molecule has 1 aliphatic rings. The van der Waals surface area contributed by atoms with Crippen LogP contribution in [0.1, 0.15) is 36.2 Å². The molecule has 0 saturated heterocycles. The van der Waals surface area contributed by atoms with E-state index in [-0.39, 0.29) is 6.10 Å². The lowest BCUT2D eigenvalue weighted by Crippen LogP contribution is -2.27. The Morgan fingerprint density at radius 2 is 2.18 bits per heavy atom. The summed E-state index contributed by atoms with van der Waals surface area (Å²) in [4.78, 5) is 0. The first-order valence-electron chi connectivity index (χ1n) is 6.47. The molecule has 1 aromatic rings. The molecule has 4 nitrogen and oxygen atoms in total. The molecule has 1 aliphatic carbocycles. The van der Waals surface area contributed by atoms with Gasteiger partial charge in [-0.1, -0.05) is 6.42 Å². The van der Waals surface area contributed by atoms with E-state index in [9.17, 15) is 5.11 Å². The Morgan fingerprint density at radius 1 is 1.41 bits per heavy atom. The summed E-state index contributed by atoms with van der Waals surface area (Å²) in [5.41, 5.74) is 3.62. The molecule has 2 atom stereocenters. The average Bonchev–Trinajstić information content (AvgIpc) is 2.78. The van der Waals surface area contributed by atoms with Crippen molar-refractivity contribution in [3.05, 3.63) is 17.0 Å². The van der Waals surface area contributed by atoms with Crippen LogP contribution in [0.3, 0.4) is 0 Å². The van der Waals surface area contributed by atoms with Crippen LogP contribution < -0.4 is 5.32 Å². The number of aliphatic hydroxyl groups excluding tert-OH is 1. The summed E-state index contributed by atoms with van der Waals surface area (Å²) in [6.07, 6.45) is 3.19. The Balaban J connectivity index is 1.85. The van der Waals surface area contributed by atoms with E-state index < -0.39 is 0 Å². The van der Waals surface area contributed by atoms with Gasteiger partial charge in [0.1, 0.15) is 0 Å². The van der Waals surface area contributed by atoms with Crippen LogP contribution in [0, 0.1) is 19.8 Å². The standard InChI is InChI=1S/C13H23N3O/c1-9-12(10(2)16(3)15-9)8-14-7-11-5-4-6-13(11)17/h11,13-14,17H,4-8H2,1-3H3. The molecular formula is C13H23N3O. The zero-order valence-corrected chi connectivity index (χ0v) is 11.0. The molecule has 2 rings (SSSR count). The van der Waals surface area contributed by atoms with Crippen LogP contribution in [0.15, 0.2) is 0 Å². The number of aliphatic hydroxyl groups is 1. The van der Waals surface area contributed by atoms with Crippen LogP contribution in [0.5, 0.6) is 0 Å². The van der Waals surface area contributed by atoms with Gasteiger partial charge in [-0.3, -0.25) is 4.68 Å². The van der Waals surface area contributed by atoms with Crippen molar-refractivity contribution in [2.45, 2.75) is 45.8 Å². The fourth-order valence-electron chi connectivity index (χ4n) is 2.71. The van der Waals surface area contributed by atoms with E-state index in [1.165, 1.54) is 17.7 Å². The fraction of sp³-hybridized carbons (Fsp3) is 0.769. The van der Waals surface area contributed by atoms with Gasteiger partial charge in [-0.15, -0.1) is 0 Å². The van der Waals surface area contributed by atoms with Gasteiger partial charge in [0, 0.05) is 31.4 Å². The maximum Gasteiger partial charge on any atom is 0.0641 e. The summed E-state index contributed by atoms with van der Waals surface area (Å²) in [6.45, 7) is 5.92. The average molecular weight is 237 g/mol. The van der Waals surface area contributed by atoms with Crippen molar-refractivity contribution in [1.29, 1.82) is 0 Å². The molecule has 0 spiro atoms. The zero-order valence-electron chi connectivity index (χ0n) is 11.0. The highest BCUT2D eigenvalue weighted by Gasteiger charge is 2.24. The van der Waals surface area contributed by atoms with Crippen LogP contribution in [0.4, 0.5) is 0 Å². The molecule has 0 radical (unpaired) electrons. The molecule has 2 N–H and O–H groups in total. The molecule has 1 saturated carbocycles. The Kier molecular flexibility index (Phi) is 3.84. The number of rotatable bonds is 4. The summed E-state index contributed by atoms with van der Waals surface area (Å²) in [5.74, 6) is 0.437. The SMILES string of the molecule is Cc1nn(C)c(C)c1CNCC1CCCC1O. The first-order valence-corrected chi connectivity index (χ1v) is 6.47. The predicted octanol–water partition coefficient (Wildman–Crippen LogP) is 1.29. The lowest BCUT2D eigenvalue weighted by atomic mass is 10.1. The molecule has 0 amide bonds. The van der Waals surface area contributed by atoms with Gasteiger partial charge in [-0.25, -0.2) is 0 Å². The smallest absolute Gasteiger partial charge is 0.0641 e. The minimum atomic E-state index is -0.0985. The highest BCUT2D eigenvalue weighted by molar-refractivity contribution is 5.23. The zero-order chi connectivity index (χ0) is 12.4. The summed E-state index contributed by atoms with van der Waals surface area (Å²) in [7, 11) is 1.98. The molecule has 1 heterocycles. The Bertz CT molecular complexity index is 386. The quantitative estimate of drug-likeness (QED) is 0.829. The van der Waals surface area contributed by atoms with Gasteiger partial charge in [-0.05, 0) is 32.6 Å². The minimum absolute atomic E-state index is 0.0985. The van der Waals surface area contributed by atoms with Crippen molar-refractivity contribution >= 4 is 0 Å². The summed E-state index contributed by atoms with van der Waals surface area (Å²) < 4.78 is 1.93. The molecule has 1 fully saturated rings. The Labute approximate surface area is 103 Å². The van der Waals surface area contributed by atoms with Crippen molar-refractivity contribution in [2.75, 3.05) is 6.54 Å². The maximum atomic E-state index is 9.74. The van der Waals surface area contributed by atoms with Crippen molar-refractivity contribution in [1.82, 2.24) is 15.1 Å². The monoisotopic (exact) mass is 237 g/mol. The second-order valence-corrected chi connectivity index (χ2v) is 5.16. The van der Waals surface area contributed by atoms with E-state index in [4.69, 9.17) is 0 Å². The number of hydrogen-bond donors (Lipinski definition) is 2. The highest BCUT2D eigenvalue weighted by atomic mass is 16.3. The normalized spacial score (nSPS) is 24.5.